The van der Waals surface area contributed by atoms with E-state index in [-0.39, 0.29) is 6.04 Å². The van der Waals surface area contributed by atoms with E-state index < -0.39 is 0 Å². The molecule has 0 spiro atoms. The summed E-state index contributed by atoms with van der Waals surface area (Å²) in [5, 5.41) is 7.51. The van der Waals surface area contributed by atoms with Gasteiger partial charge in [0, 0.05) is 14.8 Å². The smallest absolute Gasteiger partial charge is 0.171 e. The minimum absolute atomic E-state index is 0.138. The molecule has 1 heterocycles. The number of thiocarbonyl (C=S) groups is 1. The van der Waals surface area contributed by atoms with Crippen LogP contribution in [0.5, 0.6) is 5.75 Å². The number of hydrogen-bond acceptors (Lipinski definition) is 2. The van der Waals surface area contributed by atoms with Crippen molar-refractivity contribution >= 4 is 45.6 Å². The number of nitrogens with one attached hydrogen (secondary N) is 2. The molecule has 122 valence electrons. The van der Waals surface area contributed by atoms with Crippen LogP contribution in [0.25, 0.3) is 5.70 Å². The third kappa shape index (κ3) is 2.80. The van der Waals surface area contributed by atoms with Gasteiger partial charge in [-0.2, -0.15) is 0 Å². The number of rotatable bonds is 2. The third-order valence-corrected chi connectivity index (χ3v) is 5.50. The van der Waals surface area contributed by atoms with Crippen molar-refractivity contribution in [2.75, 3.05) is 7.11 Å². The first-order valence-corrected chi connectivity index (χ1v) is 9.38. The second-order valence-corrected chi connectivity index (χ2v) is 7.66. The summed E-state index contributed by atoms with van der Waals surface area (Å²) in [5.74, 6) is 0.906. The highest BCUT2D eigenvalue weighted by Crippen LogP contribution is 2.39. The molecule has 0 amide bonds. The molecule has 0 saturated heterocycles. The molecule has 1 atom stereocenters. The number of hydrogen-bond donors (Lipinski definition) is 2. The summed E-state index contributed by atoms with van der Waals surface area (Å²) in [6, 6.07) is 15.0. The summed E-state index contributed by atoms with van der Waals surface area (Å²) in [6.07, 6.45) is 2.02. The quantitative estimate of drug-likeness (QED) is 0.534. The van der Waals surface area contributed by atoms with E-state index >= 15 is 0 Å². The zero-order chi connectivity index (χ0) is 16.7. The fourth-order valence-corrected chi connectivity index (χ4v) is 4.28. The standard InChI is InChI=1S/C19H17IN2OS/c1-23-14-6-8-15-11(10-14)5-7-16-17(21-19(24)22-18(15)16)12-3-2-4-13(20)9-12/h2-4,6,8-10,17H,5,7H2,1H3,(H2,21,22,24). The normalized spacial score (nSPS) is 19.1. The van der Waals surface area contributed by atoms with E-state index in [1.807, 2.05) is 6.07 Å². The minimum Gasteiger partial charge on any atom is -0.497 e. The van der Waals surface area contributed by atoms with Crippen molar-refractivity contribution in [3.63, 3.8) is 0 Å². The zero-order valence-electron chi connectivity index (χ0n) is 13.2. The van der Waals surface area contributed by atoms with E-state index in [9.17, 15) is 0 Å². The van der Waals surface area contributed by atoms with Gasteiger partial charge >= 0.3 is 0 Å². The maximum absolute atomic E-state index is 5.48. The molecule has 5 heteroatoms. The van der Waals surface area contributed by atoms with Crippen molar-refractivity contribution in [1.29, 1.82) is 0 Å². The van der Waals surface area contributed by atoms with E-state index in [1.165, 1.54) is 25.8 Å². The highest BCUT2D eigenvalue weighted by atomic mass is 127. The molecule has 2 aromatic carbocycles. The molecular weight excluding hydrogens is 431 g/mol. The number of halogens is 1. The molecule has 0 radical (unpaired) electrons. The second kappa shape index (κ2) is 6.37. The Hall–Kier alpha value is -1.60. The lowest BCUT2D eigenvalue weighted by Crippen LogP contribution is -2.44. The Balaban J connectivity index is 1.83. The molecule has 2 N–H and O–H groups in total. The molecule has 0 aromatic heterocycles. The van der Waals surface area contributed by atoms with Gasteiger partial charge in [0.2, 0.25) is 0 Å². The molecule has 2 aliphatic rings. The first-order valence-electron chi connectivity index (χ1n) is 7.89. The fraction of sp³-hybridized carbons (Fsp3) is 0.211. The van der Waals surface area contributed by atoms with Crippen LogP contribution in [0.4, 0.5) is 0 Å². The first-order chi connectivity index (χ1) is 11.7. The molecule has 0 saturated carbocycles. The number of benzene rings is 2. The van der Waals surface area contributed by atoms with Crippen LogP contribution >= 0.6 is 34.8 Å². The van der Waals surface area contributed by atoms with Gasteiger partial charge in [-0.05, 0) is 94.7 Å². The number of fused-ring (bicyclic) bond motifs is 2. The zero-order valence-corrected chi connectivity index (χ0v) is 16.2. The van der Waals surface area contributed by atoms with Gasteiger partial charge in [-0.15, -0.1) is 0 Å². The largest absolute Gasteiger partial charge is 0.497 e. The van der Waals surface area contributed by atoms with E-state index in [1.54, 1.807) is 7.11 Å². The van der Waals surface area contributed by atoms with Crippen LogP contribution in [0.3, 0.4) is 0 Å². The van der Waals surface area contributed by atoms with Gasteiger partial charge in [-0.25, -0.2) is 0 Å². The molecule has 0 bridgehead atoms. The SMILES string of the molecule is COc1ccc2c(c1)CCC1=C2NC(=S)NC1c1cccc(I)c1. The maximum Gasteiger partial charge on any atom is 0.171 e. The van der Waals surface area contributed by atoms with Gasteiger partial charge in [-0.1, -0.05) is 12.1 Å². The van der Waals surface area contributed by atoms with E-state index in [2.05, 4.69) is 69.6 Å². The highest BCUT2D eigenvalue weighted by Gasteiger charge is 2.30. The molecule has 2 aromatic rings. The fourth-order valence-electron chi connectivity index (χ4n) is 3.49. The maximum atomic E-state index is 5.48. The average molecular weight is 448 g/mol. The predicted octanol–water partition coefficient (Wildman–Crippen LogP) is 4.18. The molecule has 1 aliphatic heterocycles. The van der Waals surface area contributed by atoms with E-state index in [0.717, 1.165) is 24.3 Å². The lowest BCUT2D eigenvalue weighted by Gasteiger charge is -2.36. The van der Waals surface area contributed by atoms with Crippen LogP contribution in [0.2, 0.25) is 0 Å². The van der Waals surface area contributed by atoms with Gasteiger partial charge in [0.05, 0.1) is 13.2 Å². The summed E-state index contributed by atoms with van der Waals surface area (Å²) >= 11 is 7.83. The van der Waals surface area contributed by atoms with Crippen LogP contribution in [0.15, 0.2) is 48.0 Å². The Bertz CT molecular complexity index is 862. The molecule has 1 unspecified atom stereocenters. The molecule has 4 rings (SSSR count). The Morgan fingerprint density at radius 3 is 2.83 bits per heavy atom. The Morgan fingerprint density at radius 1 is 1.17 bits per heavy atom. The lowest BCUT2D eigenvalue weighted by molar-refractivity contribution is 0.414. The van der Waals surface area contributed by atoms with E-state index in [4.69, 9.17) is 17.0 Å². The lowest BCUT2D eigenvalue weighted by atomic mass is 9.83. The predicted molar refractivity (Wildman–Crippen MR) is 109 cm³/mol. The molecule has 3 nitrogen and oxygen atoms in total. The van der Waals surface area contributed by atoms with E-state index in [0.29, 0.717) is 5.11 Å². The number of methoxy groups -OCH3 is 1. The van der Waals surface area contributed by atoms with Crippen molar-refractivity contribution in [2.24, 2.45) is 0 Å². The van der Waals surface area contributed by atoms with Crippen LogP contribution in [0.1, 0.15) is 29.2 Å². The monoisotopic (exact) mass is 448 g/mol. The summed E-state index contributed by atoms with van der Waals surface area (Å²) in [7, 11) is 1.71. The topological polar surface area (TPSA) is 33.3 Å². The number of aryl methyl sites for hydroxylation is 1. The Labute approximate surface area is 160 Å². The van der Waals surface area contributed by atoms with Crippen molar-refractivity contribution in [3.8, 4) is 5.75 Å². The number of ether oxygens (including phenoxy) is 1. The first kappa shape index (κ1) is 15.9. The third-order valence-electron chi connectivity index (χ3n) is 4.61. The van der Waals surface area contributed by atoms with Gasteiger partial charge in [0.25, 0.3) is 0 Å². The van der Waals surface area contributed by atoms with Gasteiger partial charge in [-0.3, -0.25) is 0 Å². The average Bonchev–Trinajstić information content (AvgIpc) is 2.60. The Kier molecular flexibility index (Phi) is 4.22. The van der Waals surface area contributed by atoms with Gasteiger partial charge < -0.3 is 15.4 Å². The van der Waals surface area contributed by atoms with Crippen molar-refractivity contribution in [3.05, 3.63) is 68.3 Å². The molecular formula is C19H17IN2OS. The summed E-state index contributed by atoms with van der Waals surface area (Å²) in [4.78, 5) is 0. The Morgan fingerprint density at radius 2 is 2.04 bits per heavy atom. The van der Waals surface area contributed by atoms with Gasteiger partial charge in [0.1, 0.15) is 5.75 Å². The molecule has 0 fully saturated rings. The summed E-state index contributed by atoms with van der Waals surface area (Å²) in [6.45, 7) is 0. The van der Waals surface area contributed by atoms with Crippen LogP contribution < -0.4 is 15.4 Å². The molecule has 24 heavy (non-hydrogen) atoms. The second-order valence-electron chi connectivity index (χ2n) is 6.01. The van der Waals surface area contributed by atoms with Crippen molar-refractivity contribution in [2.45, 2.75) is 18.9 Å². The van der Waals surface area contributed by atoms with Crippen LogP contribution in [0, 0.1) is 3.57 Å². The van der Waals surface area contributed by atoms with Crippen LogP contribution in [-0.4, -0.2) is 12.2 Å². The summed E-state index contributed by atoms with van der Waals surface area (Å²) < 4.78 is 6.60. The highest BCUT2D eigenvalue weighted by molar-refractivity contribution is 14.1. The minimum atomic E-state index is 0.138. The summed E-state index contributed by atoms with van der Waals surface area (Å²) in [5.41, 5.74) is 6.34. The van der Waals surface area contributed by atoms with Crippen molar-refractivity contribution < 1.29 is 4.74 Å². The van der Waals surface area contributed by atoms with Crippen molar-refractivity contribution in [1.82, 2.24) is 10.6 Å². The van der Waals surface area contributed by atoms with Gasteiger partial charge in [0.15, 0.2) is 5.11 Å². The van der Waals surface area contributed by atoms with Crippen LogP contribution in [-0.2, 0) is 6.42 Å². The molecule has 1 aliphatic carbocycles.